The summed E-state index contributed by atoms with van der Waals surface area (Å²) < 4.78 is 11.2. The van der Waals surface area contributed by atoms with E-state index in [1.54, 1.807) is 0 Å². The Morgan fingerprint density at radius 3 is 3.00 bits per heavy atom. The highest BCUT2D eigenvalue weighted by Crippen LogP contribution is 2.35. The molecule has 1 fully saturated rings. The largest absolute Gasteiger partial charge is 0.482 e. The van der Waals surface area contributed by atoms with E-state index in [-0.39, 0.29) is 6.10 Å². The number of nitrogens with one attached hydrogen (secondary N) is 1. The van der Waals surface area contributed by atoms with E-state index in [0.717, 1.165) is 25.1 Å². The van der Waals surface area contributed by atoms with Gasteiger partial charge in [-0.15, -0.1) is 0 Å². The summed E-state index contributed by atoms with van der Waals surface area (Å²) in [7, 11) is 0. The second-order valence-corrected chi connectivity index (χ2v) is 5.44. The summed E-state index contributed by atoms with van der Waals surface area (Å²) in [5, 5.41) is 7.49. The van der Waals surface area contributed by atoms with Crippen molar-refractivity contribution in [3.63, 3.8) is 0 Å². The molecule has 0 amide bonds. The van der Waals surface area contributed by atoms with Crippen LogP contribution in [0.4, 0.5) is 0 Å². The number of ether oxygens (including phenoxy) is 1. The molecule has 5 nitrogen and oxygen atoms in total. The van der Waals surface area contributed by atoms with Gasteiger partial charge >= 0.3 is 0 Å². The minimum Gasteiger partial charge on any atom is -0.482 e. The zero-order valence-electron chi connectivity index (χ0n) is 11.2. The van der Waals surface area contributed by atoms with Crippen molar-refractivity contribution in [2.45, 2.75) is 37.8 Å². The Labute approximate surface area is 117 Å². The van der Waals surface area contributed by atoms with Crippen molar-refractivity contribution in [2.75, 3.05) is 6.54 Å². The van der Waals surface area contributed by atoms with Crippen LogP contribution in [0.2, 0.25) is 0 Å². The predicted octanol–water partition coefficient (Wildman–Crippen LogP) is 2.04. The normalized spacial score (nSPS) is 20.7. The SMILES string of the molecule is c1ccc2c(c1)CC(c1noc(CCNC3CC3)n1)O2. The summed E-state index contributed by atoms with van der Waals surface area (Å²) in [4.78, 5) is 4.45. The van der Waals surface area contributed by atoms with Gasteiger partial charge in [0.2, 0.25) is 11.7 Å². The molecule has 1 N–H and O–H groups in total. The maximum Gasteiger partial charge on any atom is 0.228 e. The Morgan fingerprint density at radius 2 is 2.15 bits per heavy atom. The molecule has 4 rings (SSSR count). The minimum absolute atomic E-state index is 0.110. The van der Waals surface area contributed by atoms with Gasteiger partial charge in [0.25, 0.3) is 0 Å². The Kier molecular flexibility index (Phi) is 2.92. The molecule has 1 saturated carbocycles. The average Bonchev–Trinajstić information content (AvgIpc) is 3.01. The van der Waals surface area contributed by atoms with E-state index in [1.807, 2.05) is 18.2 Å². The molecule has 5 heteroatoms. The molecule has 1 atom stereocenters. The molecule has 2 aromatic rings. The monoisotopic (exact) mass is 271 g/mol. The minimum atomic E-state index is -0.110. The first-order chi connectivity index (χ1) is 9.88. The zero-order chi connectivity index (χ0) is 13.4. The Balaban J connectivity index is 1.38. The van der Waals surface area contributed by atoms with Gasteiger partial charge in [0, 0.05) is 25.4 Å². The first-order valence-corrected chi connectivity index (χ1v) is 7.19. The fourth-order valence-corrected chi connectivity index (χ4v) is 2.50. The van der Waals surface area contributed by atoms with Crippen LogP contribution in [0, 0.1) is 0 Å². The number of benzene rings is 1. The number of hydrogen-bond donors (Lipinski definition) is 1. The third-order valence-electron chi connectivity index (χ3n) is 3.77. The van der Waals surface area contributed by atoms with Crippen LogP contribution in [-0.2, 0) is 12.8 Å². The van der Waals surface area contributed by atoms with Crippen LogP contribution >= 0.6 is 0 Å². The van der Waals surface area contributed by atoms with Crippen molar-refractivity contribution in [3.05, 3.63) is 41.5 Å². The van der Waals surface area contributed by atoms with Gasteiger partial charge in [-0.1, -0.05) is 23.4 Å². The smallest absolute Gasteiger partial charge is 0.228 e. The Hall–Kier alpha value is -1.88. The van der Waals surface area contributed by atoms with E-state index in [1.165, 1.54) is 18.4 Å². The van der Waals surface area contributed by atoms with Gasteiger partial charge in [0.1, 0.15) is 5.75 Å². The highest BCUT2D eigenvalue weighted by Gasteiger charge is 2.28. The van der Waals surface area contributed by atoms with Gasteiger partial charge in [0.15, 0.2) is 6.10 Å². The van der Waals surface area contributed by atoms with E-state index >= 15 is 0 Å². The molecule has 1 aliphatic heterocycles. The highest BCUT2D eigenvalue weighted by molar-refractivity contribution is 5.37. The average molecular weight is 271 g/mol. The molecule has 1 unspecified atom stereocenters. The van der Waals surface area contributed by atoms with E-state index in [4.69, 9.17) is 9.26 Å². The molecule has 1 aromatic heterocycles. The van der Waals surface area contributed by atoms with Gasteiger partial charge in [-0.25, -0.2) is 0 Å². The first-order valence-electron chi connectivity index (χ1n) is 7.19. The highest BCUT2D eigenvalue weighted by atomic mass is 16.5. The van der Waals surface area contributed by atoms with Gasteiger partial charge in [0.05, 0.1) is 0 Å². The summed E-state index contributed by atoms with van der Waals surface area (Å²) >= 11 is 0. The second-order valence-electron chi connectivity index (χ2n) is 5.44. The molecule has 2 aliphatic rings. The molecule has 0 spiro atoms. The van der Waals surface area contributed by atoms with Crippen LogP contribution in [-0.4, -0.2) is 22.7 Å². The van der Waals surface area contributed by atoms with Gasteiger partial charge < -0.3 is 14.6 Å². The molecule has 1 aromatic carbocycles. The fraction of sp³-hybridized carbons (Fsp3) is 0.467. The van der Waals surface area contributed by atoms with Crippen LogP contribution < -0.4 is 10.1 Å². The molecule has 104 valence electrons. The van der Waals surface area contributed by atoms with E-state index in [2.05, 4.69) is 21.5 Å². The Bertz CT molecular complexity index is 582. The molecular formula is C15H17N3O2. The molecule has 1 aliphatic carbocycles. The molecular weight excluding hydrogens is 254 g/mol. The van der Waals surface area contributed by atoms with E-state index in [0.29, 0.717) is 17.8 Å². The van der Waals surface area contributed by atoms with Crippen LogP contribution in [0.25, 0.3) is 0 Å². The molecule has 0 radical (unpaired) electrons. The summed E-state index contributed by atoms with van der Waals surface area (Å²) in [5.74, 6) is 2.27. The van der Waals surface area contributed by atoms with Crippen LogP contribution in [0.15, 0.2) is 28.8 Å². The Morgan fingerprint density at radius 1 is 1.25 bits per heavy atom. The number of aromatic nitrogens is 2. The number of rotatable bonds is 5. The van der Waals surface area contributed by atoms with Crippen molar-refractivity contribution < 1.29 is 9.26 Å². The summed E-state index contributed by atoms with van der Waals surface area (Å²) in [6.45, 7) is 0.901. The lowest BCUT2D eigenvalue weighted by Gasteiger charge is -2.04. The molecule has 20 heavy (non-hydrogen) atoms. The van der Waals surface area contributed by atoms with Crippen molar-refractivity contribution >= 4 is 0 Å². The molecule has 2 heterocycles. The molecule has 0 bridgehead atoms. The van der Waals surface area contributed by atoms with Crippen molar-refractivity contribution in [3.8, 4) is 5.75 Å². The van der Waals surface area contributed by atoms with Crippen molar-refractivity contribution in [1.82, 2.24) is 15.5 Å². The van der Waals surface area contributed by atoms with Gasteiger partial charge in [-0.2, -0.15) is 4.98 Å². The number of para-hydroxylation sites is 1. The summed E-state index contributed by atoms with van der Waals surface area (Å²) in [5.41, 5.74) is 1.21. The topological polar surface area (TPSA) is 60.2 Å². The summed E-state index contributed by atoms with van der Waals surface area (Å²) in [6.07, 6.45) is 4.08. The fourth-order valence-electron chi connectivity index (χ4n) is 2.50. The maximum atomic E-state index is 5.86. The van der Waals surface area contributed by atoms with Gasteiger partial charge in [-0.3, -0.25) is 0 Å². The first kappa shape index (κ1) is 11.9. The van der Waals surface area contributed by atoms with Crippen molar-refractivity contribution in [1.29, 1.82) is 0 Å². The van der Waals surface area contributed by atoms with Crippen LogP contribution in [0.3, 0.4) is 0 Å². The number of nitrogens with zero attached hydrogens (tertiary/aromatic N) is 2. The standard InChI is InChI=1S/C15H17N3O2/c1-2-4-12-10(3-1)9-13(19-12)15-17-14(20-18-15)7-8-16-11-5-6-11/h1-4,11,13,16H,5-9H2. The predicted molar refractivity (Wildman–Crippen MR) is 72.5 cm³/mol. The van der Waals surface area contributed by atoms with Crippen LogP contribution in [0.1, 0.15) is 36.2 Å². The summed E-state index contributed by atoms with van der Waals surface area (Å²) in [6, 6.07) is 8.78. The maximum absolute atomic E-state index is 5.86. The van der Waals surface area contributed by atoms with Crippen molar-refractivity contribution in [2.24, 2.45) is 0 Å². The lowest BCUT2D eigenvalue weighted by atomic mass is 10.1. The second kappa shape index (κ2) is 4.90. The zero-order valence-corrected chi connectivity index (χ0v) is 11.2. The van der Waals surface area contributed by atoms with E-state index in [9.17, 15) is 0 Å². The third-order valence-corrected chi connectivity index (χ3v) is 3.77. The molecule has 0 saturated heterocycles. The quantitative estimate of drug-likeness (QED) is 0.901. The lowest BCUT2D eigenvalue weighted by molar-refractivity contribution is 0.221. The van der Waals surface area contributed by atoms with Crippen LogP contribution in [0.5, 0.6) is 5.75 Å². The lowest BCUT2D eigenvalue weighted by Crippen LogP contribution is -2.19. The number of hydrogen-bond acceptors (Lipinski definition) is 5. The van der Waals surface area contributed by atoms with Gasteiger partial charge in [-0.05, 0) is 24.5 Å². The third kappa shape index (κ3) is 2.41. The van der Waals surface area contributed by atoms with E-state index < -0.39 is 0 Å². The number of fused-ring (bicyclic) bond motifs is 1.